The Kier molecular flexibility index (Phi) is 9.20. The second-order valence-electron chi connectivity index (χ2n) is 9.94. The number of halogens is 6. The summed E-state index contributed by atoms with van der Waals surface area (Å²) in [5.74, 6) is -9.66. The second kappa shape index (κ2) is 13.1. The molecule has 1 aliphatic rings. The van der Waals surface area contributed by atoms with Crippen molar-refractivity contribution in [3.8, 4) is 22.9 Å². The zero-order valence-corrected chi connectivity index (χ0v) is 23.4. The molecule has 1 aliphatic heterocycles. The highest BCUT2D eigenvalue weighted by Crippen LogP contribution is 2.36. The lowest BCUT2D eigenvalue weighted by molar-refractivity contribution is 0.282. The Morgan fingerprint density at radius 2 is 1.77 bits per heavy atom. The number of aromatic nitrogens is 3. The summed E-state index contributed by atoms with van der Waals surface area (Å²) in [6.07, 6.45) is 3.28. The molecule has 1 fully saturated rings. The van der Waals surface area contributed by atoms with E-state index in [1.165, 1.54) is 30.6 Å². The topological polar surface area (TPSA) is 118 Å². The molecule has 0 spiro atoms. The zero-order chi connectivity index (χ0) is 31.4. The highest BCUT2D eigenvalue weighted by molar-refractivity contribution is 7.91. The number of hydrogen-bond acceptors (Lipinski definition) is 8. The van der Waals surface area contributed by atoms with Crippen molar-refractivity contribution in [2.75, 3.05) is 29.8 Å². The van der Waals surface area contributed by atoms with E-state index in [1.54, 1.807) is 4.72 Å². The summed E-state index contributed by atoms with van der Waals surface area (Å²) in [6, 6.07) is 6.91. The van der Waals surface area contributed by atoms with Gasteiger partial charge in [0.05, 0.1) is 23.7 Å². The Hall–Kier alpha value is -4.44. The van der Waals surface area contributed by atoms with Gasteiger partial charge in [-0.2, -0.15) is 4.39 Å². The summed E-state index contributed by atoms with van der Waals surface area (Å²) in [4.78, 5) is 12.6. The van der Waals surface area contributed by atoms with Gasteiger partial charge in [-0.25, -0.2) is 40.9 Å². The number of hydrogen-bond donors (Lipinski definition) is 3. The largest absolute Gasteiger partial charge is 0.435 e. The van der Waals surface area contributed by atoms with E-state index in [9.17, 15) is 30.4 Å². The monoisotopic (exact) mass is 638 g/mol. The summed E-state index contributed by atoms with van der Waals surface area (Å²) in [7, 11) is -4.67. The zero-order valence-electron chi connectivity index (χ0n) is 22.6. The van der Waals surface area contributed by atoms with Crippen LogP contribution in [0.2, 0.25) is 0 Å². The normalized spacial score (nSPS) is 16.9. The molecular formula is C28H24F6N6O3S. The van der Waals surface area contributed by atoms with Gasteiger partial charge < -0.3 is 15.4 Å². The first-order valence-corrected chi connectivity index (χ1v) is 14.8. The predicted octanol–water partition coefficient (Wildman–Crippen LogP) is 5.33. The first-order valence-electron chi connectivity index (χ1n) is 13.1. The molecule has 2 atom stereocenters. The molecule has 0 radical (unpaired) electrons. The van der Waals surface area contributed by atoms with Gasteiger partial charge in [-0.1, -0.05) is 6.07 Å². The summed E-state index contributed by atoms with van der Waals surface area (Å²) >= 11 is 0. The molecule has 0 saturated carbocycles. The average Bonchev–Trinajstić information content (AvgIpc) is 3.00. The van der Waals surface area contributed by atoms with Gasteiger partial charge in [-0.05, 0) is 30.7 Å². The number of piperidine rings is 1. The van der Waals surface area contributed by atoms with Crippen molar-refractivity contribution in [2.24, 2.45) is 5.92 Å². The lowest BCUT2D eigenvalue weighted by Gasteiger charge is -2.29. The quantitative estimate of drug-likeness (QED) is 0.158. The lowest BCUT2D eigenvalue weighted by atomic mass is 9.97. The van der Waals surface area contributed by atoms with Crippen molar-refractivity contribution in [2.45, 2.75) is 18.2 Å². The molecule has 3 heterocycles. The summed E-state index contributed by atoms with van der Waals surface area (Å²) in [6.45, 7) is 0.659. The minimum Gasteiger partial charge on any atom is -0.435 e. The van der Waals surface area contributed by atoms with Gasteiger partial charge in [0.1, 0.15) is 17.3 Å². The number of sulfonamides is 1. The maximum absolute atomic E-state index is 15.1. The molecule has 1 unspecified atom stereocenters. The number of alkyl halides is 1. The number of benzene rings is 2. The van der Waals surface area contributed by atoms with E-state index in [2.05, 4.69) is 25.6 Å². The third-order valence-corrected chi connectivity index (χ3v) is 7.85. The molecule has 44 heavy (non-hydrogen) atoms. The van der Waals surface area contributed by atoms with Crippen LogP contribution in [0.15, 0.2) is 54.9 Å². The maximum atomic E-state index is 15.1. The standard InChI is InChI=1S/C28H24F6N6O3S/c29-11-15-8-18(13-35-12-15)38-28-37-7-5-22(39-28)19-2-1-6-36-27(19)43-23-10-21(32)26(25(34)24(23)33)40-44(41,42)14-16-3-4-17(30)9-20(16)31/h1-7,9-10,15,18,35,40H,8,11-14H2,(H,37,38,39)/t15-,18?/m0/s1. The van der Waals surface area contributed by atoms with Gasteiger partial charge in [0, 0.05) is 55.1 Å². The maximum Gasteiger partial charge on any atom is 0.237 e. The molecule has 16 heteroatoms. The number of pyridine rings is 1. The van der Waals surface area contributed by atoms with Crippen LogP contribution in [-0.4, -0.2) is 49.2 Å². The third kappa shape index (κ3) is 7.19. The van der Waals surface area contributed by atoms with Crippen LogP contribution in [0.4, 0.5) is 38.0 Å². The minimum absolute atomic E-state index is 0.143. The molecule has 1 saturated heterocycles. The van der Waals surface area contributed by atoms with E-state index in [4.69, 9.17) is 4.74 Å². The number of rotatable bonds is 10. The molecule has 0 amide bonds. The molecule has 0 bridgehead atoms. The summed E-state index contributed by atoms with van der Waals surface area (Å²) in [5, 5.41) is 6.26. The van der Waals surface area contributed by atoms with Gasteiger partial charge in [-0.15, -0.1) is 0 Å². The first-order chi connectivity index (χ1) is 21.0. The van der Waals surface area contributed by atoms with E-state index < -0.39 is 68.5 Å². The minimum atomic E-state index is -4.67. The molecule has 2 aromatic carbocycles. The average molecular weight is 639 g/mol. The Morgan fingerprint density at radius 3 is 2.55 bits per heavy atom. The van der Waals surface area contributed by atoms with Crippen LogP contribution < -0.4 is 20.1 Å². The number of ether oxygens (including phenoxy) is 1. The third-order valence-electron chi connectivity index (χ3n) is 6.65. The molecule has 4 aromatic rings. The number of nitrogens with zero attached hydrogens (tertiary/aromatic N) is 3. The van der Waals surface area contributed by atoms with Gasteiger partial charge >= 0.3 is 0 Å². The molecule has 232 valence electrons. The number of nitrogens with one attached hydrogen (secondary N) is 3. The van der Waals surface area contributed by atoms with E-state index >= 15 is 4.39 Å². The molecule has 5 rings (SSSR count). The summed E-state index contributed by atoms with van der Waals surface area (Å²) in [5.41, 5.74) is -1.38. The van der Waals surface area contributed by atoms with Crippen molar-refractivity contribution >= 4 is 21.7 Å². The Morgan fingerprint density at radius 1 is 0.955 bits per heavy atom. The van der Waals surface area contributed by atoms with Gasteiger partial charge in [-0.3, -0.25) is 9.11 Å². The van der Waals surface area contributed by atoms with Crippen molar-refractivity contribution in [1.29, 1.82) is 0 Å². The van der Waals surface area contributed by atoms with E-state index in [0.717, 1.165) is 12.1 Å². The van der Waals surface area contributed by atoms with Gasteiger partial charge in [0.2, 0.25) is 27.7 Å². The van der Waals surface area contributed by atoms with Crippen molar-refractivity contribution in [1.82, 2.24) is 20.3 Å². The van der Waals surface area contributed by atoms with Crippen molar-refractivity contribution in [3.63, 3.8) is 0 Å². The molecule has 9 nitrogen and oxygen atoms in total. The van der Waals surface area contributed by atoms with E-state index in [0.29, 0.717) is 31.6 Å². The van der Waals surface area contributed by atoms with Crippen LogP contribution in [0.3, 0.4) is 0 Å². The number of anilines is 2. The molecule has 3 N–H and O–H groups in total. The van der Waals surface area contributed by atoms with Crippen LogP contribution in [0.25, 0.3) is 11.3 Å². The van der Waals surface area contributed by atoms with Crippen LogP contribution in [0, 0.1) is 35.0 Å². The van der Waals surface area contributed by atoms with Crippen molar-refractivity contribution < 1.29 is 39.5 Å². The van der Waals surface area contributed by atoms with Crippen LogP contribution >= 0.6 is 0 Å². The SMILES string of the molecule is O=S(=O)(Cc1ccc(F)cc1F)Nc1c(F)cc(Oc2ncccc2-c2ccnc(NC3CNC[C@H](CF)C3)n2)c(F)c1F. The molecular weight excluding hydrogens is 614 g/mol. The smallest absolute Gasteiger partial charge is 0.237 e. The fourth-order valence-corrected chi connectivity index (χ4v) is 5.78. The van der Waals surface area contributed by atoms with Crippen molar-refractivity contribution in [3.05, 3.63) is 89.5 Å². The summed E-state index contributed by atoms with van der Waals surface area (Å²) < 4.78 is 117. The van der Waals surface area contributed by atoms with Crippen LogP contribution in [-0.2, 0) is 15.8 Å². The molecule has 2 aromatic heterocycles. The van der Waals surface area contributed by atoms with Gasteiger partial charge in [0.25, 0.3) is 0 Å². The first kappa shape index (κ1) is 31.0. The highest BCUT2D eigenvalue weighted by Gasteiger charge is 2.26. The highest BCUT2D eigenvalue weighted by atomic mass is 32.2. The fourth-order valence-electron chi connectivity index (χ4n) is 4.57. The fraction of sp³-hybridized carbons (Fsp3) is 0.250. The van der Waals surface area contributed by atoms with E-state index in [-0.39, 0.29) is 35.0 Å². The predicted molar refractivity (Wildman–Crippen MR) is 149 cm³/mol. The Bertz CT molecular complexity index is 1780. The second-order valence-corrected chi connectivity index (χ2v) is 11.7. The lowest BCUT2D eigenvalue weighted by Crippen LogP contribution is -2.44. The van der Waals surface area contributed by atoms with E-state index in [1.807, 2.05) is 0 Å². The van der Waals surface area contributed by atoms with Gasteiger partial charge in [0.15, 0.2) is 17.4 Å². The Labute approximate surface area is 247 Å². The van der Waals surface area contributed by atoms with Crippen LogP contribution in [0.5, 0.6) is 11.6 Å². The molecule has 0 aliphatic carbocycles. The Balaban J connectivity index is 1.37. The van der Waals surface area contributed by atoms with Crippen LogP contribution in [0.1, 0.15) is 12.0 Å².